The monoisotopic (exact) mass is 142 g/mol. The molecule has 0 N–H and O–H groups in total. The summed E-state index contributed by atoms with van der Waals surface area (Å²) in [7, 11) is 0. The zero-order valence-electron chi connectivity index (χ0n) is 6.33. The Hall–Kier alpha value is -1.37. The van der Waals surface area contributed by atoms with Crippen molar-refractivity contribution >= 4 is 10.8 Å². The van der Waals surface area contributed by atoms with Crippen LogP contribution in [0.5, 0.6) is 0 Å². The van der Waals surface area contributed by atoms with Crippen molar-refractivity contribution in [2.75, 3.05) is 0 Å². The second-order valence-corrected chi connectivity index (χ2v) is 2.56. The molecule has 0 fully saturated rings. The third-order valence-electron chi connectivity index (χ3n) is 1.80. The van der Waals surface area contributed by atoms with Gasteiger partial charge in [-0.2, -0.15) is 0 Å². The molecule has 1 nitrogen and oxygen atoms in total. The molecule has 1 aromatic carbocycles. The summed E-state index contributed by atoms with van der Waals surface area (Å²) in [5.41, 5.74) is 1.04. The number of rotatable bonds is 0. The van der Waals surface area contributed by atoms with E-state index in [1.807, 2.05) is 25.1 Å². The number of nitrogens with zero attached hydrogens (tertiary/aromatic N) is 1. The molecule has 1 heteroatoms. The molecule has 0 aliphatic heterocycles. The third kappa shape index (κ3) is 0.984. The van der Waals surface area contributed by atoms with Gasteiger partial charge in [0.15, 0.2) is 0 Å². The molecule has 1 aromatic heterocycles. The van der Waals surface area contributed by atoms with Crippen LogP contribution in [-0.4, -0.2) is 4.98 Å². The maximum Gasteiger partial charge on any atom is 0.0896 e. The summed E-state index contributed by atoms with van der Waals surface area (Å²) >= 11 is 0. The lowest BCUT2D eigenvalue weighted by molar-refractivity contribution is 1.22. The smallest absolute Gasteiger partial charge is 0.0896 e. The summed E-state index contributed by atoms with van der Waals surface area (Å²) in [5, 5.41) is 2.42. The van der Waals surface area contributed by atoms with Crippen molar-refractivity contribution in [2.24, 2.45) is 0 Å². The van der Waals surface area contributed by atoms with Gasteiger partial charge in [-0.15, -0.1) is 0 Å². The molecule has 0 bridgehead atoms. The van der Waals surface area contributed by atoms with Crippen LogP contribution in [0.3, 0.4) is 0 Å². The van der Waals surface area contributed by atoms with Gasteiger partial charge < -0.3 is 0 Å². The molecule has 11 heavy (non-hydrogen) atoms. The largest absolute Gasteiger partial charge is 0.251 e. The molecule has 0 amide bonds. The normalized spacial score (nSPS) is 10.3. The van der Waals surface area contributed by atoms with Crippen molar-refractivity contribution in [2.45, 2.75) is 6.92 Å². The van der Waals surface area contributed by atoms with Gasteiger partial charge in [0.25, 0.3) is 0 Å². The summed E-state index contributed by atoms with van der Waals surface area (Å²) in [6.45, 7) is 2.00. The number of pyridine rings is 1. The highest BCUT2D eigenvalue weighted by Gasteiger charge is 1.93. The number of aromatic nitrogens is 1. The molecular weight excluding hydrogens is 134 g/mol. The highest BCUT2D eigenvalue weighted by Crippen LogP contribution is 2.14. The highest BCUT2D eigenvalue weighted by molar-refractivity contribution is 5.83. The van der Waals surface area contributed by atoms with Crippen LogP contribution in [-0.2, 0) is 0 Å². The van der Waals surface area contributed by atoms with Crippen LogP contribution in [0, 0.1) is 13.1 Å². The van der Waals surface area contributed by atoms with E-state index in [-0.39, 0.29) is 0 Å². The van der Waals surface area contributed by atoms with Crippen LogP contribution in [0.1, 0.15) is 5.69 Å². The summed E-state index contributed by atoms with van der Waals surface area (Å²) in [5.74, 6) is 0. The maximum atomic E-state index is 4.08. The van der Waals surface area contributed by atoms with E-state index in [1.165, 1.54) is 10.8 Å². The minimum Gasteiger partial charge on any atom is -0.251 e. The Kier molecular flexibility index (Phi) is 1.35. The minimum absolute atomic E-state index is 1.04. The van der Waals surface area contributed by atoms with Gasteiger partial charge in [0.2, 0.25) is 0 Å². The standard InChI is InChI=1S/C10H8N/c1-8-10-5-3-2-4-9(10)6-7-11-8/h2-6H,1H3. The number of hydrogen-bond donors (Lipinski definition) is 0. The number of fused-ring (bicyclic) bond motifs is 1. The molecule has 0 aliphatic rings. The molecule has 0 spiro atoms. The second-order valence-electron chi connectivity index (χ2n) is 2.56. The predicted octanol–water partition coefficient (Wildman–Crippen LogP) is 2.34. The summed E-state index contributed by atoms with van der Waals surface area (Å²) in [6.07, 6.45) is 2.85. The van der Waals surface area contributed by atoms with Crippen LogP contribution in [0.25, 0.3) is 10.8 Å². The highest BCUT2D eigenvalue weighted by atomic mass is 14.7. The van der Waals surface area contributed by atoms with E-state index in [4.69, 9.17) is 0 Å². The molecule has 1 heterocycles. The van der Waals surface area contributed by atoms with Crippen LogP contribution >= 0.6 is 0 Å². The van der Waals surface area contributed by atoms with Crippen molar-refractivity contribution < 1.29 is 0 Å². The van der Waals surface area contributed by atoms with Gasteiger partial charge in [-0.05, 0) is 18.4 Å². The van der Waals surface area contributed by atoms with Gasteiger partial charge in [-0.25, -0.2) is 0 Å². The molecule has 2 aromatic rings. The molecule has 53 valence electrons. The fraction of sp³-hybridized carbons (Fsp3) is 0.100. The van der Waals surface area contributed by atoms with Crippen LogP contribution in [0.4, 0.5) is 0 Å². The minimum atomic E-state index is 1.04. The molecule has 1 radical (unpaired) electrons. The molecular formula is C10H8N. The first kappa shape index (κ1) is 6.35. The van der Waals surface area contributed by atoms with Gasteiger partial charge in [0.1, 0.15) is 0 Å². The Morgan fingerprint density at radius 2 is 2.09 bits per heavy atom. The molecule has 0 saturated heterocycles. The van der Waals surface area contributed by atoms with Crippen molar-refractivity contribution in [3.63, 3.8) is 0 Å². The van der Waals surface area contributed by atoms with Gasteiger partial charge in [-0.3, -0.25) is 4.98 Å². The van der Waals surface area contributed by atoms with E-state index in [2.05, 4.69) is 23.3 Å². The van der Waals surface area contributed by atoms with Gasteiger partial charge in [0, 0.05) is 11.1 Å². The topological polar surface area (TPSA) is 12.9 Å². The van der Waals surface area contributed by atoms with Crippen LogP contribution in [0.2, 0.25) is 0 Å². The summed E-state index contributed by atoms with van der Waals surface area (Å²) in [4.78, 5) is 4.08. The van der Waals surface area contributed by atoms with E-state index >= 15 is 0 Å². The Labute approximate surface area is 65.7 Å². The quantitative estimate of drug-likeness (QED) is 0.550. The lowest BCUT2D eigenvalue weighted by Crippen LogP contribution is -1.81. The van der Waals surface area contributed by atoms with Crippen LogP contribution in [0.15, 0.2) is 30.3 Å². The van der Waals surface area contributed by atoms with Crippen LogP contribution < -0.4 is 0 Å². The number of benzene rings is 1. The van der Waals surface area contributed by atoms with E-state index < -0.39 is 0 Å². The average molecular weight is 142 g/mol. The zero-order chi connectivity index (χ0) is 7.68. The molecule has 0 aliphatic carbocycles. The van der Waals surface area contributed by atoms with Crippen molar-refractivity contribution in [1.82, 2.24) is 4.98 Å². The Bertz CT molecular complexity index is 374. The second kappa shape index (κ2) is 2.35. The van der Waals surface area contributed by atoms with Gasteiger partial charge in [0.05, 0.1) is 6.20 Å². The first-order valence-electron chi connectivity index (χ1n) is 3.60. The summed E-state index contributed by atoms with van der Waals surface area (Å²) < 4.78 is 0. The molecule has 0 atom stereocenters. The average Bonchev–Trinajstić information content (AvgIpc) is 2.06. The molecule has 2 rings (SSSR count). The number of aryl methyl sites for hydroxylation is 1. The molecule has 0 unspecified atom stereocenters. The lowest BCUT2D eigenvalue weighted by atomic mass is 10.1. The third-order valence-corrected chi connectivity index (χ3v) is 1.80. The van der Waals surface area contributed by atoms with Gasteiger partial charge >= 0.3 is 0 Å². The zero-order valence-corrected chi connectivity index (χ0v) is 6.33. The lowest BCUT2D eigenvalue weighted by Gasteiger charge is -1.97. The summed E-state index contributed by atoms with van der Waals surface area (Å²) in [6, 6.07) is 10.1. The molecule has 0 saturated carbocycles. The Morgan fingerprint density at radius 1 is 1.27 bits per heavy atom. The van der Waals surface area contributed by atoms with Crippen molar-refractivity contribution in [1.29, 1.82) is 0 Å². The number of hydrogen-bond acceptors (Lipinski definition) is 1. The van der Waals surface area contributed by atoms with Crippen molar-refractivity contribution in [3.8, 4) is 0 Å². The first-order chi connectivity index (χ1) is 5.38. The maximum absolute atomic E-state index is 4.08. The fourth-order valence-corrected chi connectivity index (χ4v) is 1.21. The van der Waals surface area contributed by atoms with E-state index in [9.17, 15) is 0 Å². The predicted molar refractivity (Wildman–Crippen MR) is 45.3 cm³/mol. The van der Waals surface area contributed by atoms with E-state index in [1.54, 1.807) is 0 Å². The van der Waals surface area contributed by atoms with Gasteiger partial charge in [-0.1, -0.05) is 24.3 Å². The van der Waals surface area contributed by atoms with E-state index in [0.29, 0.717) is 0 Å². The first-order valence-corrected chi connectivity index (χ1v) is 3.60. The Balaban J connectivity index is 2.91. The SMILES string of the molecule is Cc1n[c]cc2ccccc12. The Morgan fingerprint density at radius 3 is 2.91 bits per heavy atom. The van der Waals surface area contributed by atoms with E-state index in [0.717, 1.165) is 5.69 Å². The fourth-order valence-electron chi connectivity index (χ4n) is 1.21. The van der Waals surface area contributed by atoms with Crippen molar-refractivity contribution in [3.05, 3.63) is 42.2 Å².